The number of nitrogens with two attached hydrogens (primary N) is 1. The predicted molar refractivity (Wildman–Crippen MR) is 90.4 cm³/mol. The minimum absolute atomic E-state index is 0.00179. The second kappa shape index (κ2) is 5.92. The molecule has 4 nitrogen and oxygen atoms in total. The maximum atomic E-state index is 12.8. The van der Waals surface area contributed by atoms with Crippen LogP contribution in [0.1, 0.15) is 53.0 Å². The molecule has 22 heavy (non-hydrogen) atoms. The number of hydrogen-bond donors (Lipinski definition) is 1. The minimum Gasteiger partial charge on any atom is -0.478 e. The van der Waals surface area contributed by atoms with E-state index in [0.29, 0.717) is 12.5 Å². The van der Waals surface area contributed by atoms with Gasteiger partial charge in [0.15, 0.2) is 6.10 Å². The fourth-order valence-electron chi connectivity index (χ4n) is 2.66. The Morgan fingerprint density at radius 1 is 1.27 bits per heavy atom. The topological polar surface area (TPSA) is 55.6 Å². The molecular formula is C18H28N2O2. The Bertz CT molecular complexity index is 559. The average Bonchev–Trinajstić information content (AvgIpc) is 2.39. The zero-order valence-electron chi connectivity index (χ0n) is 14.5. The van der Waals surface area contributed by atoms with Crippen molar-refractivity contribution in [3.8, 4) is 5.75 Å². The molecule has 122 valence electrons. The number of hydrogen-bond acceptors (Lipinski definition) is 3. The quantitative estimate of drug-likeness (QED) is 0.928. The summed E-state index contributed by atoms with van der Waals surface area (Å²) in [6.07, 6.45) is -0.445. The molecule has 1 unspecified atom stereocenters. The molecule has 0 aromatic heterocycles. The molecule has 0 fully saturated rings. The second-order valence-electron chi connectivity index (χ2n) is 7.58. The lowest BCUT2D eigenvalue weighted by atomic mass is 9.97. The molecule has 1 heterocycles. The highest BCUT2D eigenvalue weighted by Gasteiger charge is 2.38. The van der Waals surface area contributed by atoms with Gasteiger partial charge in [0.2, 0.25) is 0 Å². The van der Waals surface area contributed by atoms with Crippen LogP contribution in [0.2, 0.25) is 0 Å². The van der Waals surface area contributed by atoms with Crippen LogP contribution in [0.25, 0.3) is 0 Å². The van der Waals surface area contributed by atoms with Crippen molar-refractivity contribution in [1.29, 1.82) is 0 Å². The smallest absolute Gasteiger partial charge is 0.268 e. The van der Waals surface area contributed by atoms with Crippen LogP contribution >= 0.6 is 0 Å². The van der Waals surface area contributed by atoms with Crippen LogP contribution in [0.5, 0.6) is 5.75 Å². The van der Waals surface area contributed by atoms with Crippen LogP contribution in [0.3, 0.4) is 0 Å². The number of carbonyl (C=O) groups excluding carboxylic acids is 1. The summed E-state index contributed by atoms with van der Waals surface area (Å²) in [6, 6.07) is 6.10. The molecule has 0 bridgehead atoms. The van der Waals surface area contributed by atoms with E-state index in [9.17, 15) is 4.79 Å². The molecule has 4 heteroatoms. The minimum atomic E-state index is -0.459. The monoisotopic (exact) mass is 304 g/mol. The molecule has 1 aromatic carbocycles. The molecule has 1 aromatic rings. The van der Waals surface area contributed by atoms with Crippen molar-refractivity contribution in [1.82, 2.24) is 0 Å². The lowest BCUT2D eigenvalue weighted by Crippen LogP contribution is -2.54. The Morgan fingerprint density at radius 3 is 2.41 bits per heavy atom. The summed E-state index contributed by atoms with van der Waals surface area (Å²) in [5, 5.41) is 0. The predicted octanol–water partition coefficient (Wildman–Crippen LogP) is 3.30. The lowest BCUT2D eigenvalue weighted by Gasteiger charge is -2.39. The molecule has 1 aliphatic rings. The number of anilines is 1. The number of ether oxygens (including phenoxy) is 1. The number of nitrogens with zero attached hydrogens (tertiary/aromatic N) is 1. The summed E-state index contributed by atoms with van der Waals surface area (Å²) in [5.41, 5.74) is 7.74. The van der Waals surface area contributed by atoms with Gasteiger partial charge < -0.3 is 15.4 Å². The van der Waals surface area contributed by atoms with E-state index in [1.807, 2.05) is 33.8 Å². The van der Waals surface area contributed by atoms with Crippen LogP contribution in [0, 0.1) is 5.92 Å². The van der Waals surface area contributed by atoms with Gasteiger partial charge in [-0.1, -0.05) is 33.8 Å². The standard InChI is InChI=1S/C18H28N2O2/c1-11(2)13-7-8-15-14(9-13)20(10-18(5,6)19)17(21)16(22-15)12(3)4/h7-9,11-12,16H,10,19H2,1-6H3. The van der Waals surface area contributed by atoms with Crippen LogP contribution < -0.4 is 15.4 Å². The Kier molecular flexibility index (Phi) is 4.52. The van der Waals surface area contributed by atoms with E-state index >= 15 is 0 Å². The Morgan fingerprint density at radius 2 is 1.91 bits per heavy atom. The molecule has 1 aliphatic heterocycles. The Balaban J connectivity index is 2.49. The third kappa shape index (κ3) is 3.43. The number of amides is 1. The zero-order valence-corrected chi connectivity index (χ0v) is 14.5. The van der Waals surface area contributed by atoms with Gasteiger partial charge in [-0.2, -0.15) is 0 Å². The van der Waals surface area contributed by atoms with E-state index in [4.69, 9.17) is 10.5 Å². The number of benzene rings is 1. The van der Waals surface area contributed by atoms with Crippen molar-refractivity contribution in [2.45, 2.75) is 59.1 Å². The van der Waals surface area contributed by atoms with E-state index in [2.05, 4.69) is 26.0 Å². The number of fused-ring (bicyclic) bond motifs is 1. The lowest BCUT2D eigenvalue weighted by molar-refractivity contribution is -0.128. The first kappa shape index (κ1) is 16.8. The molecule has 2 rings (SSSR count). The van der Waals surface area contributed by atoms with Gasteiger partial charge in [0, 0.05) is 12.1 Å². The molecule has 0 saturated carbocycles. The summed E-state index contributed by atoms with van der Waals surface area (Å²) >= 11 is 0. The van der Waals surface area contributed by atoms with Gasteiger partial charge in [0.25, 0.3) is 5.91 Å². The highest BCUT2D eigenvalue weighted by atomic mass is 16.5. The third-order valence-corrected chi connectivity index (χ3v) is 3.87. The van der Waals surface area contributed by atoms with E-state index < -0.39 is 11.6 Å². The van der Waals surface area contributed by atoms with Gasteiger partial charge in [-0.25, -0.2) is 0 Å². The van der Waals surface area contributed by atoms with Gasteiger partial charge in [-0.05, 0) is 43.4 Å². The first-order chi connectivity index (χ1) is 10.1. The fraction of sp³-hybridized carbons (Fsp3) is 0.611. The molecule has 0 radical (unpaired) electrons. The van der Waals surface area contributed by atoms with Crippen molar-refractivity contribution < 1.29 is 9.53 Å². The molecule has 1 atom stereocenters. The van der Waals surface area contributed by atoms with Crippen molar-refractivity contribution >= 4 is 11.6 Å². The Labute approximate surface area is 133 Å². The number of rotatable bonds is 4. The maximum Gasteiger partial charge on any atom is 0.268 e. The van der Waals surface area contributed by atoms with Gasteiger partial charge in [-0.15, -0.1) is 0 Å². The van der Waals surface area contributed by atoms with Gasteiger partial charge in [-0.3, -0.25) is 4.79 Å². The van der Waals surface area contributed by atoms with Gasteiger partial charge in [0.05, 0.1) is 5.69 Å². The summed E-state index contributed by atoms with van der Waals surface area (Å²) in [6.45, 7) is 12.6. The molecule has 1 amide bonds. The second-order valence-corrected chi connectivity index (χ2v) is 7.58. The maximum absolute atomic E-state index is 12.8. The van der Waals surface area contributed by atoms with Crippen LogP contribution in [-0.2, 0) is 4.79 Å². The van der Waals surface area contributed by atoms with E-state index in [1.54, 1.807) is 4.90 Å². The van der Waals surface area contributed by atoms with Gasteiger partial charge in [0.1, 0.15) is 5.75 Å². The average molecular weight is 304 g/mol. The highest BCUT2D eigenvalue weighted by Crippen LogP contribution is 2.38. The zero-order chi connectivity index (χ0) is 16.7. The molecule has 0 spiro atoms. The molecule has 0 saturated heterocycles. The van der Waals surface area contributed by atoms with Crippen LogP contribution in [0.15, 0.2) is 18.2 Å². The SMILES string of the molecule is CC(C)c1ccc2c(c1)N(CC(C)(C)N)C(=O)C(C(C)C)O2. The van der Waals surface area contributed by atoms with Crippen LogP contribution in [0.4, 0.5) is 5.69 Å². The first-order valence-electron chi connectivity index (χ1n) is 8.01. The van der Waals surface area contributed by atoms with Crippen molar-refractivity contribution in [3.63, 3.8) is 0 Å². The Hall–Kier alpha value is -1.55. The highest BCUT2D eigenvalue weighted by molar-refractivity contribution is 6.00. The summed E-state index contributed by atoms with van der Waals surface area (Å²) in [5.74, 6) is 1.29. The summed E-state index contributed by atoms with van der Waals surface area (Å²) in [4.78, 5) is 14.6. The number of carbonyl (C=O) groups is 1. The third-order valence-electron chi connectivity index (χ3n) is 3.87. The van der Waals surface area contributed by atoms with Crippen molar-refractivity contribution in [3.05, 3.63) is 23.8 Å². The first-order valence-corrected chi connectivity index (χ1v) is 8.01. The molecular weight excluding hydrogens is 276 g/mol. The van der Waals surface area contributed by atoms with E-state index in [1.165, 1.54) is 5.56 Å². The van der Waals surface area contributed by atoms with E-state index in [0.717, 1.165) is 11.4 Å². The summed E-state index contributed by atoms with van der Waals surface area (Å²) < 4.78 is 5.95. The van der Waals surface area contributed by atoms with E-state index in [-0.39, 0.29) is 11.8 Å². The largest absolute Gasteiger partial charge is 0.478 e. The fourth-order valence-corrected chi connectivity index (χ4v) is 2.66. The molecule has 0 aliphatic carbocycles. The normalized spacial score (nSPS) is 18.7. The van der Waals surface area contributed by atoms with Crippen molar-refractivity contribution in [2.75, 3.05) is 11.4 Å². The van der Waals surface area contributed by atoms with Crippen molar-refractivity contribution in [2.24, 2.45) is 11.7 Å². The van der Waals surface area contributed by atoms with Crippen LogP contribution in [-0.4, -0.2) is 24.1 Å². The van der Waals surface area contributed by atoms with Gasteiger partial charge >= 0.3 is 0 Å². The molecule has 2 N–H and O–H groups in total. The summed E-state index contributed by atoms with van der Waals surface area (Å²) in [7, 11) is 0.